The Morgan fingerprint density at radius 3 is 2.47 bits per heavy atom. The highest BCUT2D eigenvalue weighted by Crippen LogP contribution is 2.20. The number of thiocarbonyl (C=S) groups is 1. The Balaban J connectivity index is 1.91. The van der Waals surface area contributed by atoms with Crippen LogP contribution in [0.1, 0.15) is 45.4 Å². The van der Waals surface area contributed by atoms with Crippen LogP contribution in [0.25, 0.3) is 0 Å². The minimum absolute atomic E-state index is 0.0681. The van der Waals surface area contributed by atoms with Crippen molar-refractivity contribution in [1.29, 1.82) is 0 Å². The van der Waals surface area contributed by atoms with E-state index in [4.69, 9.17) is 12.2 Å². The lowest BCUT2D eigenvalue weighted by molar-refractivity contribution is 0.328. The van der Waals surface area contributed by atoms with Crippen LogP contribution in [0.15, 0.2) is 0 Å². The molecule has 19 heavy (non-hydrogen) atoms. The molecule has 1 aliphatic heterocycles. The predicted molar refractivity (Wildman–Crippen MR) is 82.0 cm³/mol. The molecule has 0 aromatic carbocycles. The van der Waals surface area contributed by atoms with Gasteiger partial charge in [0.05, 0.1) is 11.5 Å². The van der Waals surface area contributed by atoms with Crippen LogP contribution in [0.3, 0.4) is 0 Å². The van der Waals surface area contributed by atoms with Crippen LogP contribution >= 0.6 is 12.2 Å². The number of nitrogens with one attached hydrogen (secondary N) is 1. The topological polar surface area (TPSA) is 49.4 Å². The monoisotopic (exact) mass is 304 g/mol. The number of rotatable bonds is 3. The average molecular weight is 304 g/mol. The highest BCUT2D eigenvalue weighted by molar-refractivity contribution is 7.91. The molecule has 0 amide bonds. The van der Waals surface area contributed by atoms with Crippen molar-refractivity contribution in [3.05, 3.63) is 0 Å². The van der Waals surface area contributed by atoms with Gasteiger partial charge in [0.15, 0.2) is 14.9 Å². The van der Waals surface area contributed by atoms with Gasteiger partial charge in [-0.15, -0.1) is 0 Å². The third-order valence-electron chi connectivity index (χ3n) is 4.18. The van der Waals surface area contributed by atoms with E-state index in [2.05, 4.69) is 10.2 Å². The van der Waals surface area contributed by atoms with Crippen LogP contribution in [0.2, 0.25) is 0 Å². The normalized spacial score (nSPS) is 27.1. The second kappa shape index (κ2) is 6.39. The molecule has 1 heterocycles. The van der Waals surface area contributed by atoms with Gasteiger partial charge in [-0.05, 0) is 38.4 Å². The molecular formula is C13H24N2O2S2. The van der Waals surface area contributed by atoms with E-state index in [1.165, 1.54) is 32.1 Å². The van der Waals surface area contributed by atoms with E-state index in [0.29, 0.717) is 18.2 Å². The maximum Gasteiger partial charge on any atom is 0.169 e. The van der Waals surface area contributed by atoms with Gasteiger partial charge in [0, 0.05) is 18.6 Å². The van der Waals surface area contributed by atoms with Crippen molar-refractivity contribution >= 4 is 27.2 Å². The van der Waals surface area contributed by atoms with Crippen LogP contribution in [0.5, 0.6) is 0 Å². The summed E-state index contributed by atoms with van der Waals surface area (Å²) in [5.41, 5.74) is 0. The first kappa shape index (κ1) is 15.0. The SMILES string of the molecule is CCN(C(=S)NC1CCCCC1)[C@H]1CCS(=O)(=O)C1. The van der Waals surface area contributed by atoms with Crippen molar-refractivity contribution in [2.45, 2.75) is 57.5 Å². The van der Waals surface area contributed by atoms with E-state index in [0.717, 1.165) is 11.7 Å². The predicted octanol–water partition coefficient (Wildman–Crippen LogP) is 1.70. The molecule has 1 atom stereocenters. The van der Waals surface area contributed by atoms with E-state index < -0.39 is 9.84 Å². The van der Waals surface area contributed by atoms with Gasteiger partial charge >= 0.3 is 0 Å². The van der Waals surface area contributed by atoms with Crippen LogP contribution < -0.4 is 5.32 Å². The fourth-order valence-corrected chi connectivity index (χ4v) is 5.27. The summed E-state index contributed by atoms with van der Waals surface area (Å²) in [4.78, 5) is 2.06. The molecule has 0 aromatic rings. The first-order valence-electron chi connectivity index (χ1n) is 7.29. The quantitative estimate of drug-likeness (QED) is 0.804. The van der Waals surface area contributed by atoms with E-state index in [1.807, 2.05) is 6.92 Å². The van der Waals surface area contributed by atoms with Crippen LogP contribution in [0.4, 0.5) is 0 Å². The largest absolute Gasteiger partial charge is 0.360 e. The Bertz CT molecular complexity index is 416. The molecule has 2 fully saturated rings. The lowest BCUT2D eigenvalue weighted by Gasteiger charge is -2.33. The minimum Gasteiger partial charge on any atom is -0.360 e. The smallest absolute Gasteiger partial charge is 0.169 e. The molecule has 0 bridgehead atoms. The Kier molecular flexibility index (Phi) is 5.06. The molecule has 6 heteroatoms. The molecule has 0 aromatic heterocycles. The van der Waals surface area contributed by atoms with Crippen LogP contribution in [-0.4, -0.2) is 48.6 Å². The zero-order valence-electron chi connectivity index (χ0n) is 11.6. The van der Waals surface area contributed by atoms with Gasteiger partial charge in [-0.3, -0.25) is 0 Å². The Hall–Kier alpha value is -0.360. The Labute approximate surface area is 121 Å². The molecule has 1 N–H and O–H groups in total. The summed E-state index contributed by atoms with van der Waals surface area (Å²) in [6, 6.07) is 0.548. The van der Waals surface area contributed by atoms with Crippen molar-refractivity contribution < 1.29 is 8.42 Å². The van der Waals surface area contributed by atoms with E-state index >= 15 is 0 Å². The Morgan fingerprint density at radius 1 is 1.26 bits per heavy atom. The maximum atomic E-state index is 11.6. The van der Waals surface area contributed by atoms with Crippen molar-refractivity contribution in [2.24, 2.45) is 0 Å². The summed E-state index contributed by atoms with van der Waals surface area (Å²) < 4.78 is 23.2. The molecule has 1 saturated heterocycles. The van der Waals surface area contributed by atoms with Crippen molar-refractivity contribution in [3.8, 4) is 0 Å². The van der Waals surface area contributed by atoms with Gasteiger partial charge in [0.25, 0.3) is 0 Å². The fourth-order valence-electron chi connectivity index (χ4n) is 3.09. The molecule has 1 aliphatic carbocycles. The number of sulfone groups is 1. The number of nitrogens with zero attached hydrogens (tertiary/aromatic N) is 1. The molecular weight excluding hydrogens is 280 g/mol. The maximum absolute atomic E-state index is 11.6. The highest BCUT2D eigenvalue weighted by Gasteiger charge is 2.33. The average Bonchev–Trinajstić information content (AvgIpc) is 2.72. The summed E-state index contributed by atoms with van der Waals surface area (Å²) in [7, 11) is -2.85. The number of hydrogen-bond donors (Lipinski definition) is 1. The fraction of sp³-hybridized carbons (Fsp3) is 0.923. The summed E-state index contributed by atoms with van der Waals surface area (Å²) in [6.07, 6.45) is 6.93. The standard InChI is InChI=1S/C13H24N2O2S2/c1-2-15(12-8-9-19(16,17)10-12)13(18)14-11-6-4-3-5-7-11/h11-12H,2-10H2,1H3,(H,14,18)/t12-/m0/s1. The molecule has 1 saturated carbocycles. The zero-order chi connectivity index (χ0) is 13.9. The number of hydrogen-bond acceptors (Lipinski definition) is 3. The lowest BCUT2D eigenvalue weighted by atomic mass is 9.96. The molecule has 2 rings (SSSR count). The molecule has 0 radical (unpaired) electrons. The second-order valence-corrected chi connectivity index (χ2v) is 8.24. The lowest BCUT2D eigenvalue weighted by Crippen LogP contribution is -2.49. The first-order chi connectivity index (χ1) is 9.02. The molecule has 2 aliphatic rings. The summed E-state index contributed by atoms with van der Waals surface area (Å²) >= 11 is 5.49. The molecule has 0 spiro atoms. The zero-order valence-corrected chi connectivity index (χ0v) is 13.2. The molecule has 110 valence electrons. The third-order valence-corrected chi connectivity index (χ3v) is 6.29. The highest BCUT2D eigenvalue weighted by atomic mass is 32.2. The van der Waals surface area contributed by atoms with Gasteiger partial charge < -0.3 is 10.2 Å². The summed E-state index contributed by atoms with van der Waals surface area (Å²) in [6.45, 7) is 2.82. The third kappa shape index (κ3) is 4.05. The van der Waals surface area contributed by atoms with Crippen LogP contribution in [-0.2, 0) is 9.84 Å². The van der Waals surface area contributed by atoms with E-state index in [9.17, 15) is 8.42 Å². The van der Waals surface area contributed by atoms with Crippen molar-refractivity contribution in [2.75, 3.05) is 18.1 Å². The second-order valence-electron chi connectivity index (χ2n) is 5.63. The van der Waals surface area contributed by atoms with Crippen LogP contribution in [0, 0.1) is 0 Å². The van der Waals surface area contributed by atoms with Crippen molar-refractivity contribution in [1.82, 2.24) is 10.2 Å². The van der Waals surface area contributed by atoms with Gasteiger partial charge in [0.1, 0.15) is 0 Å². The van der Waals surface area contributed by atoms with Gasteiger partial charge in [-0.1, -0.05) is 19.3 Å². The Morgan fingerprint density at radius 2 is 1.95 bits per heavy atom. The molecule has 0 unspecified atom stereocenters. The summed E-state index contributed by atoms with van der Waals surface area (Å²) in [5.74, 6) is 0.563. The van der Waals surface area contributed by atoms with E-state index in [-0.39, 0.29) is 11.8 Å². The first-order valence-corrected chi connectivity index (χ1v) is 9.52. The van der Waals surface area contributed by atoms with Gasteiger partial charge in [-0.2, -0.15) is 0 Å². The van der Waals surface area contributed by atoms with Gasteiger partial charge in [0.2, 0.25) is 0 Å². The summed E-state index contributed by atoms with van der Waals surface area (Å²) in [5, 5.41) is 4.18. The van der Waals surface area contributed by atoms with Crippen molar-refractivity contribution in [3.63, 3.8) is 0 Å². The minimum atomic E-state index is -2.85. The van der Waals surface area contributed by atoms with Gasteiger partial charge in [-0.25, -0.2) is 8.42 Å². The van der Waals surface area contributed by atoms with E-state index in [1.54, 1.807) is 0 Å². The molecule has 4 nitrogen and oxygen atoms in total.